The Morgan fingerprint density at radius 1 is 0.970 bits per heavy atom. The van der Waals surface area contributed by atoms with Crippen LogP contribution in [0.2, 0.25) is 0 Å². The highest BCUT2D eigenvalue weighted by Crippen LogP contribution is 2.29. The van der Waals surface area contributed by atoms with Gasteiger partial charge in [0.05, 0.1) is 11.7 Å². The van der Waals surface area contributed by atoms with Crippen LogP contribution in [0.5, 0.6) is 5.88 Å². The number of rotatable bonds is 7. The minimum Gasteiger partial charge on any atom is -0.389 e. The first-order chi connectivity index (χ1) is 16.1. The standard InChI is InChI=1S/C25H26N6O2/c1-4-31(5-2)24-21-14-20(9-10-22(21)28-17-29-24)19-8-6-7-18(13-19)16-30(3)25(32)33-23-15-26-11-12-27-23/h6-15,17H,4-5,16H2,1-3H3. The molecule has 0 radical (unpaired) electrons. The third kappa shape index (κ3) is 5.06. The third-order valence-electron chi connectivity index (χ3n) is 5.40. The van der Waals surface area contributed by atoms with Crippen molar-refractivity contribution in [1.82, 2.24) is 24.8 Å². The number of fused-ring (bicyclic) bond motifs is 1. The van der Waals surface area contributed by atoms with E-state index in [1.807, 2.05) is 18.2 Å². The van der Waals surface area contributed by atoms with E-state index in [9.17, 15) is 4.79 Å². The molecule has 0 unspecified atom stereocenters. The molecule has 4 rings (SSSR count). The molecular formula is C25H26N6O2. The van der Waals surface area contributed by atoms with Gasteiger partial charge in [0.25, 0.3) is 0 Å². The van der Waals surface area contributed by atoms with Crippen molar-refractivity contribution < 1.29 is 9.53 Å². The van der Waals surface area contributed by atoms with Crippen molar-refractivity contribution in [2.24, 2.45) is 0 Å². The van der Waals surface area contributed by atoms with E-state index in [4.69, 9.17) is 4.74 Å². The van der Waals surface area contributed by atoms with Crippen molar-refractivity contribution >= 4 is 22.8 Å². The molecule has 0 N–H and O–H groups in total. The number of anilines is 1. The van der Waals surface area contributed by atoms with Gasteiger partial charge in [-0.05, 0) is 48.7 Å². The predicted octanol–water partition coefficient (Wildman–Crippen LogP) is 4.56. The van der Waals surface area contributed by atoms with E-state index in [-0.39, 0.29) is 5.88 Å². The molecule has 0 fully saturated rings. The van der Waals surface area contributed by atoms with Crippen LogP contribution >= 0.6 is 0 Å². The molecule has 0 bridgehead atoms. The van der Waals surface area contributed by atoms with Gasteiger partial charge in [-0.25, -0.2) is 19.7 Å². The minimum atomic E-state index is -0.493. The van der Waals surface area contributed by atoms with Crippen LogP contribution in [-0.4, -0.2) is 51.1 Å². The first kappa shape index (κ1) is 22.1. The van der Waals surface area contributed by atoms with E-state index in [0.29, 0.717) is 6.54 Å². The van der Waals surface area contributed by atoms with E-state index in [1.165, 1.54) is 23.5 Å². The Morgan fingerprint density at radius 2 is 1.79 bits per heavy atom. The molecule has 2 aromatic carbocycles. The zero-order valence-corrected chi connectivity index (χ0v) is 19.0. The fraction of sp³-hybridized carbons (Fsp3) is 0.240. The van der Waals surface area contributed by atoms with Crippen LogP contribution in [0.25, 0.3) is 22.0 Å². The quantitative estimate of drug-likeness (QED) is 0.415. The zero-order valence-electron chi connectivity index (χ0n) is 19.0. The van der Waals surface area contributed by atoms with Crippen molar-refractivity contribution in [3.8, 4) is 17.0 Å². The first-order valence-corrected chi connectivity index (χ1v) is 10.9. The number of aromatic nitrogens is 4. The lowest BCUT2D eigenvalue weighted by Crippen LogP contribution is -2.29. The Kier molecular flexibility index (Phi) is 6.73. The van der Waals surface area contributed by atoms with E-state index in [1.54, 1.807) is 13.4 Å². The number of carbonyl (C=O) groups excluding carboxylic acids is 1. The summed E-state index contributed by atoms with van der Waals surface area (Å²) in [6.45, 7) is 6.39. The van der Waals surface area contributed by atoms with E-state index in [2.05, 4.69) is 62.9 Å². The predicted molar refractivity (Wildman–Crippen MR) is 128 cm³/mol. The normalized spacial score (nSPS) is 10.8. The Balaban J connectivity index is 1.57. The fourth-order valence-electron chi connectivity index (χ4n) is 3.69. The van der Waals surface area contributed by atoms with Crippen molar-refractivity contribution in [1.29, 1.82) is 0 Å². The molecule has 33 heavy (non-hydrogen) atoms. The van der Waals surface area contributed by atoms with Crippen molar-refractivity contribution in [2.45, 2.75) is 20.4 Å². The molecule has 0 aliphatic rings. The van der Waals surface area contributed by atoms with Crippen LogP contribution in [0.1, 0.15) is 19.4 Å². The molecule has 0 spiro atoms. The maximum Gasteiger partial charge on any atom is 0.416 e. The summed E-state index contributed by atoms with van der Waals surface area (Å²) in [5.74, 6) is 1.11. The summed E-state index contributed by atoms with van der Waals surface area (Å²) in [5.41, 5.74) is 4.02. The molecule has 0 atom stereocenters. The summed E-state index contributed by atoms with van der Waals surface area (Å²) in [6, 6.07) is 14.3. The van der Waals surface area contributed by atoms with Crippen molar-refractivity contribution in [3.05, 3.63) is 72.9 Å². The van der Waals surface area contributed by atoms with E-state index in [0.717, 1.165) is 46.5 Å². The third-order valence-corrected chi connectivity index (χ3v) is 5.40. The largest absolute Gasteiger partial charge is 0.416 e. The second kappa shape index (κ2) is 10.0. The van der Waals surface area contributed by atoms with Crippen LogP contribution in [0.4, 0.5) is 10.6 Å². The topological polar surface area (TPSA) is 84.3 Å². The number of hydrogen-bond donors (Lipinski definition) is 0. The van der Waals surface area contributed by atoms with Crippen LogP contribution < -0.4 is 9.64 Å². The lowest BCUT2D eigenvalue weighted by Gasteiger charge is -2.21. The highest BCUT2D eigenvalue weighted by molar-refractivity contribution is 5.93. The van der Waals surface area contributed by atoms with Crippen molar-refractivity contribution in [2.75, 3.05) is 25.0 Å². The van der Waals surface area contributed by atoms with E-state index < -0.39 is 6.09 Å². The van der Waals surface area contributed by atoms with Gasteiger partial charge in [-0.15, -0.1) is 0 Å². The van der Waals surface area contributed by atoms with E-state index >= 15 is 0 Å². The summed E-state index contributed by atoms with van der Waals surface area (Å²) in [5, 5.41) is 1.02. The van der Waals surface area contributed by atoms with Crippen LogP contribution in [-0.2, 0) is 6.54 Å². The fourth-order valence-corrected chi connectivity index (χ4v) is 3.69. The summed E-state index contributed by atoms with van der Waals surface area (Å²) in [4.78, 5) is 33.0. The summed E-state index contributed by atoms with van der Waals surface area (Å²) >= 11 is 0. The molecule has 1 amide bonds. The zero-order chi connectivity index (χ0) is 23.2. The second-order valence-electron chi connectivity index (χ2n) is 7.57. The molecule has 8 nitrogen and oxygen atoms in total. The van der Waals surface area contributed by atoms with Gasteiger partial charge in [0.2, 0.25) is 5.88 Å². The summed E-state index contributed by atoms with van der Waals surface area (Å²) < 4.78 is 5.26. The average molecular weight is 443 g/mol. The Hall–Kier alpha value is -4.07. The second-order valence-corrected chi connectivity index (χ2v) is 7.57. The Bertz CT molecular complexity index is 1240. The van der Waals surface area contributed by atoms with Crippen molar-refractivity contribution in [3.63, 3.8) is 0 Å². The minimum absolute atomic E-state index is 0.172. The van der Waals surface area contributed by atoms with Gasteiger partial charge in [-0.1, -0.05) is 24.3 Å². The Labute approximate surface area is 192 Å². The number of ether oxygens (including phenoxy) is 1. The maximum absolute atomic E-state index is 12.4. The molecule has 0 aliphatic carbocycles. The molecule has 0 saturated heterocycles. The van der Waals surface area contributed by atoms with Gasteiger partial charge in [-0.3, -0.25) is 4.98 Å². The van der Waals surface area contributed by atoms with Crippen LogP contribution in [0.15, 0.2) is 67.4 Å². The molecule has 168 valence electrons. The lowest BCUT2D eigenvalue weighted by atomic mass is 10.0. The number of carbonyl (C=O) groups is 1. The maximum atomic E-state index is 12.4. The summed E-state index contributed by atoms with van der Waals surface area (Å²) in [7, 11) is 1.69. The summed E-state index contributed by atoms with van der Waals surface area (Å²) in [6.07, 6.45) is 5.53. The lowest BCUT2D eigenvalue weighted by molar-refractivity contribution is 0.158. The monoisotopic (exact) mass is 442 g/mol. The van der Waals surface area contributed by atoms with Crippen LogP contribution in [0.3, 0.4) is 0 Å². The highest BCUT2D eigenvalue weighted by Gasteiger charge is 2.14. The molecule has 4 aromatic rings. The molecule has 0 saturated carbocycles. The molecule has 2 aromatic heterocycles. The Morgan fingerprint density at radius 3 is 2.55 bits per heavy atom. The van der Waals surface area contributed by atoms with Gasteiger partial charge in [0, 0.05) is 44.5 Å². The highest BCUT2D eigenvalue weighted by atomic mass is 16.6. The number of benzene rings is 2. The first-order valence-electron chi connectivity index (χ1n) is 10.9. The molecule has 8 heteroatoms. The molecule has 0 aliphatic heterocycles. The smallest absolute Gasteiger partial charge is 0.389 e. The average Bonchev–Trinajstić information content (AvgIpc) is 2.85. The van der Waals surface area contributed by atoms with Gasteiger partial charge in [0.15, 0.2) is 0 Å². The number of nitrogens with zero attached hydrogens (tertiary/aromatic N) is 6. The number of amides is 1. The van der Waals surface area contributed by atoms with Crippen LogP contribution in [0, 0.1) is 0 Å². The SMILES string of the molecule is CCN(CC)c1ncnc2ccc(-c3cccc(CN(C)C(=O)Oc4cnccn4)c3)cc12. The molecular weight excluding hydrogens is 416 g/mol. The van der Waals surface area contributed by atoms with Gasteiger partial charge < -0.3 is 14.5 Å². The van der Waals surface area contributed by atoms with Gasteiger partial charge in [0.1, 0.15) is 12.1 Å². The molecule has 2 heterocycles. The number of hydrogen-bond acceptors (Lipinski definition) is 7. The van der Waals surface area contributed by atoms with Gasteiger partial charge >= 0.3 is 6.09 Å². The van der Waals surface area contributed by atoms with Gasteiger partial charge in [-0.2, -0.15) is 0 Å².